The van der Waals surface area contributed by atoms with Gasteiger partial charge in [-0.3, -0.25) is 9.69 Å². The summed E-state index contributed by atoms with van der Waals surface area (Å²) in [6.45, 7) is 6.20. The third-order valence-electron chi connectivity index (χ3n) is 3.78. The van der Waals surface area contributed by atoms with Gasteiger partial charge >= 0.3 is 0 Å². The van der Waals surface area contributed by atoms with Crippen LogP contribution in [0.4, 0.5) is 0 Å². The molecule has 1 saturated heterocycles. The van der Waals surface area contributed by atoms with E-state index in [9.17, 15) is 4.79 Å². The van der Waals surface area contributed by atoms with Crippen LogP contribution in [-0.4, -0.2) is 28.8 Å². The molecule has 15 heavy (non-hydrogen) atoms. The van der Waals surface area contributed by atoms with Crippen LogP contribution in [0.2, 0.25) is 0 Å². The lowest BCUT2D eigenvalue weighted by atomic mass is 9.97. The third kappa shape index (κ3) is 1.87. The molecule has 2 heterocycles. The first kappa shape index (κ1) is 10.9. The van der Waals surface area contributed by atoms with Gasteiger partial charge in [0.1, 0.15) is 0 Å². The van der Waals surface area contributed by atoms with Crippen molar-refractivity contribution >= 4 is 5.78 Å². The van der Waals surface area contributed by atoms with Gasteiger partial charge in [-0.15, -0.1) is 0 Å². The fourth-order valence-corrected chi connectivity index (χ4v) is 3.24. The Morgan fingerprint density at radius 3 is 2.73 bits per heavy atom. The molecule has 0 aliphatic carbocycles. The molecule has 2 rings (SSSR count). The maximum atomic E-state index is 11.6. The van der Waals surface area contributed by atoms with Gasteiger partial charge in [-0.2, -0.15) is 0 Å². The Balaban J connectivity index is 2.29. The van der Waals surface area contributed by atoms with E-state index in [4.69, 9.17) is 0 Å². The van der Waals surface area contributed by atoms with Crippen LogP contribution in [0.1, 0.15) is 46.5 Å². The SMILES string of the molecule is CC(=O)C1=CCC[C@H]2CCC1N2C(C)C. The quantitative estimate of drug-likeness (QED) is 0.693. The molecular weight excluding hydrogens is 186 g/mol. The van der Waals surface area contributed by atoms with Gasteiger partial charge in [0.05, 0.1) is 0 Å². The standard InChI is InChI=1S/C13H21NO/c1-9(2)14-11-5-4-6-12(10(3)15)13(14)8-7-11/h6,9,11,13H,4-5,7-8H2,1-3H3/t11-,13?/m0/s1. The van der Waals surface area contributed by atoms with Crippen molar-refractivity contribution in [3.05, 3.63) is 11.6 Å². The number of carbonyl (C=O) groups is 1. The Morgan fingerprint density at radius 2 is 2.13 bits per heavy atom. The summed E-state index contributed by atoms with van der Waals surface area (Å²) in [6, 6.07) is 1.68. The van der Waals surface area contributed by atoms with E-state index in [1.165, 1.54) is 19.3 Å². The van der Waals surface area contributed by atoms with Gasteiger partial charge in [0.2, 0.25) is 0 Å². The second-order valence-electron chi connectivity index (χ2n) is 5.08. The number of fused-ring (bicyclic) bond motifs is 2. The third-order valence-corrected chi connectivity index (χ3v) is 3.78. The van der Waals surface area contributed by atoms with E-state index in [1.54, 1.807) is 6.92 Å². The second kappa shape index (κ2) is 4.09. The average Bonchev–Trinajstić information content (AvgIpc) is 2.41. The van der Waals surface area contributed by atoms with Gasteiger partial charge < -0.3 is 0 Å². The molecule has 84 valence electrons. The topological polar surface area (TPSA) is 20.3 Å². The highest BCUT2D eigenvalue weighted by Crippen LogP contribution is 2.36. The van der Waals surface area contributed by atoms with Crippen molar-refractivity contribution in [2.45, 2.75) is 64.6 Å². The van der Waals surface area contributed by atoms with Crippen molar-refractivity contribution in [3.63, 3.8) is 0 Å². The van der Waals surface area contributed by atoms with Crippen LogP contribution in [0.5, 0.6) is 0 Å². The van der Waals surface area contributed by atoms with Crippen LogP contribution >= 0.6 is 0 Å². The second-order valence-corrected chi connectivity index (χ2v) is 5.08. The number of rotatable bonds is 2. The smallest absolute Gasteiger partial charge is 0.157 e. The van der Waals surface area contributed by atoms with Gasteiger partial charge in [-0.25, -0.2) is 0 Å². The van der Waals surface area contributed by atoms with E-state index in [-0.39, 0.29) is 5.78 Å². The highest BCUT2D eigenvalue weighted by Gasteiger charge is 2.39. The number of Topliss-reactive ketones (excluding diaryl/α,β-unsaturated/α-hetero) is 1. The maximum absolute atomic E-state index is 11.6. The van der Waals surface area contributed by atoms with Crippen LogP contribution in [0.3, 0.4) is 0 Å². The Hall–Kier alpha value is -0.630. The molecule has 2 atom stereocenters. The minimum Gasteiger partial charge on any atom is -0.295 e. The van der Waals surface area contributed by atoms with Crippen molar-refractivity contribution < 1.29 is 4.79 Å². The molecule has 2 aliphatic rings. The Labute approximate surface area is 92.3 Å². The van der Waals surface area contributed by atoms with Gasteiger partial charge in [0.15, 0.2) is 5.78 Å². The number of carbonyl (C=O) groups excluding carboxylic acids is 1. The summed E-state index contributed by atoms with van der Waals surface area (Å²) < 4.78 is 0. The van der Waals surface area contributed by atoms with Crippen LogP contribution < -0.4 is 0 Å². The van der Waals surface area contributed by atoms with Crippen molar-refractivity contribution in [1.29, 1.82) is 0 Å². The lowest BCUT2D eigenvalue weighted by molar-refractivity contribution is -0.114. The zero-order valence-corrected chi connectivity index (χ0v) is 9.99. The van der Waals surface area contributed by atoms with E-state index in [2.05, 4.69) is 24.8 Å². The summed E-state index contributed by atoms with van der Waals surface area (Å²) in [4.78, 5) is 14.2. The van der Waals surface area contributed by atoms with Crippen LogP contribution in [0, 0.1) is 0 Å². The normalized spacial score (nSPS) is 31.6. The van der Waals surface area contributed by atoms with E-state index in [1.807, 2.05) is 0 Å². The first-order valence-corrected chi connectivity index (χ1v) is 6.09. The summed E-state index contributed by atoms with van der Waals surface area (Å²) in [6.07, 6.45) is 6.94. The van der Waals surface area contributed by atoms with Gasteiger partial charge in [-0.1, -0.05) is 6.08 Å². The fraction of sp³-hybridized carbons (Fsp3) is 0.769. The molecule has 0 aromatic rings. The minimum absolute atomic E-state index is 0.271. The average molecular weight is 207 g/mol. The highest BCUT2D eigenvalue weighted by molar-refractivity contribution is 5.94. The number of hydrogen-bond donors (Lipinski definition) is 0. The molecule has 1 unspecified atom stereocenters. The lowest BCUT2D eigenvalue weighted by Gasteiger charge is -2.32. The van der Waals surface area contributed by atoms with E-state index in [0.717, 1.165) is 12.0 Å². The molecule has 2 aliphatic heterocycles. The van der Waals surface area contributed by atoms with E-state index in [0.29, 0.717) is 18.1 Å². The molecule has 2 nitrogen and oxygen atoms in total. The van der Waals surface area contributed by atoms with Gasteiger partial charge in [0.25, 0.3) is 0 Å². The molecule has 2 heteroatoms. The molecule has 0 spiro atoms. The summed E-state index contributed by atoms with van der Waals surface area (Å²) in [5.41, 5.74) is 1.07. The molecule has 1 fully saturated rings. The van der Waals surface area contributed by atoms with Crippen LogP contribution in [0.15, 0.2) is 11.6 Å². The molecule has 0 saturated carbocycles. The van der Waals surface area contributed by atoms with Crippen LogP contribution in [0.25, 0.3) is 0 Å². The fourth-order valence-electron chi connectivity index (χ4n) is 3.24. The number of nitrogens with zero attached hydrogens (tertiary/aromatic N) is 1. The van der Waals surface area contributed by atoms with Crippen molar-refractivity contribution in [1.82, 2.24) is 4.90 Å². The molecule has 0 radical (unpaired) electrons. The lowest BCUT2D eigenvalue weighted by Crippen LogP contribution is -2.42. The van der Waals surface area contributed by atoms with Crippen molar-refractivity contribution in [2.75, 3.05) is 0 Å². The van der Waals surface area contributed by atoms with Crippen molar-refractivity contribution in [2.24, 2.45) is 0 Å². The molecule has 0 amide bonds. The Morgan fingerprint density at radius 1 is 1.40 bits per heavy atom. The Bertz CT molecular complexity index is 293. The largest absolute Gasteiger partial charge is 0.295 e. The first-order chi connectivity index (χ1) is 7.11. The molecule has 0 aromatic carbocycles. The summed E-state index contributed by atoms with van der Waals surface area (Å²) in [7, 11) is 0. The zero-order valence-electron chi connectivity index (χ0n) is 9.99. The van der Waals surface area contributed by atoms with Crippen molar-refractivity contribution in [3.8, 4) is 0 Å². The molecule has 2 bridgehead atoms. The molecule has 0 N–H and O–H groups in total. The first-order valence-electron chi connectivity index (χ1n) is 6.09. The van der Waals surface area contributed by atoms with Gasteiger partial charge in [0, 0.05) is 23.7 Å². The van der Waals surface area contributed by atoms with E-state index >= 15 is 0 Å². The summed E-state index contributed by atoms with van der Waals surface area (Å²) >= 11 is 0. The predicted molar refractivity (Wildman–Crippen MR) is 61.8 cm³/mol. The maximum Gasteiger partial charge on any atom is 0.157 e. The monoisotopic (exact) mass is 207 g/mol. The number of hydrogen-bond acceptors (Lipinski definition) is 2. The highest BCUT2D eigenvalue weighted by atomic mass is 16.1. The Kier molecular flexibility index (Phi) is 2.96. The van der Waals surface area contributed by atoms with E-state index < -0.39 is 0 Å². The molecular formula is C13H21NO. The predicted octanol–water partition coefficient (Wildman–Crippen LogP) is 2.54. The number of ketones is 1. The van der Waals surface area contributed by atoms with Crippen LogP contribution in [-0.2, 0) is 4.79 Å². The van der Waals surface area contributed by atoms with Gasteiger partial charge in [-0.05, 0) is 46.5 Å². The molecule has 0 aromatic heterocycles. The summed E-state index contributed by atoms with van der Waals surface area (Å²) in [5.74, 6) is 0.271. The number of allylic oxidation sites excluding steroid dienone is 1. The zero-order chi connectivity index (χ0) is 11.0. The summed E-state index contributed by atoms with van der Waals surface area (Å²) in [5, 5.41) is 0. The minimum atomic E-state index is 0.271.